The van der Waals surface area contributed by atoms with E-state index in [4.69, 9.17) is 9.97 Å². The first-order chi connectivity index (χ1) is 12.8. The normalized spacial score (nSPS) is 13.9. The van der Waals surface area contributed by atoms with Gasteiger partial charge in [-0.3, -0.25) is 4.68 Å². The van der Waals surface area contributed by atoms with Crippen molar-refractivity contribution >= 4 is 38.7 Å². The molecule has 1 N–H and O–H groups in total. The molecule has 0 amide bonds. The van der Waals surface area contributed by atoms with Crippen LogP contribution in [0.1, 0.15) is 29.1 Å². The van der Waals surface area contributed by atoms with Crippen molar-refractivity contribution in [2.45, 2.75) is 32.2 Å². The van der Waals surface area contributed by atoms with Crippen LogP contribution in [-0.2, 0) is 26.4 Å². The first-order valence-corrected chi connectivity index (χ1v) is 10.5. The summed E-state index contributed by atoms with van der Waals surface area (Å²) < 4.78 is 1.79. The van der Waals surface area contributed by atoms with Gasteiger partial charge in [-0.25, -0.2) is 15.0 Å². The van der Waals surface area contributed by atoms with Crippen molar-refractivity contribution in [2.75, 3.05) is 5.32 Å². The predicted octanol–water partition coefficient (Wildman–Crippen LogP) is 4.04. The average Bonchev–Trinajstić information content (AvgIpc) is 3.39. The molecule has 132 valence electrons. The number of hydrogen-bond acceptors (Lipinski definition) is 7. The van der Waals surface area contributed by atoms with E-state index >= 15 is 0 Å². The molecule has 4 heterocycles. The van der Waals surface area contributed by atoms with Crippen LogP contribution in [0.15, 0.2) is 23.2 Å². The van der Waals surface area contributed by atoms with Gasteiger partial charge in [-0.05, 0) is 42.7 Å². The Morgan fingerprint density at radius 3 is 2.96 bits per heavy atom. The molecule has 0 fully saturated rings. The quantitative estimate of drug-likeness (QED) is 0.577. The van der Waals surface area contributed by atoms with Crippen molar-refractivity contribution in [2.24, 2.45) is 7.05 Å². The summed E-state index contributed by atoms with van der Waals surface area (Å²) >= 11 is 3.50. The highest BCUT2D eigenvalue weighted by Gasteiger charge is 2.21. The molecule has 5 rings (SSSR count). The number of thiophene rings is 2. The fraction of sp³-hybridized carbons (Fsp3) is 0.333. The zero-order valence-electron chi connectivity index (χ0n) is 14.4. The Hall–Kier alpha value is -2.32. The van der Waals surface area contributed by atoms with Crippen LogP contribution in [0.4, 0.5) is 5.82 Å². The summed E-state index contributed by atoms with van der Waals surface area (Å²) in [5.74, 6) is 2.59. The minimum atomic E-state index is 0.594. The van der Waals surface area contributed by atoms with Crippen molar-refractivity contribution < 1.29 is 0 Å². The molecule has 0 unspecified atom stereocenters. The van der Waals surface area contributed by atoms with Gasteiger partial charge in [-0.2, -0.15) is 16.4 Å². The largest absolute Gasteiger partial charge is 0.362 e. The third-order valence-electron chi connectivity index (χ3n) is 4.81. The van der Waals surface area contributed by atoms with Crippen molar-refractivity contribution in [3.8, 4) is 11.4 Å². The van der Waals surface area contributed by atoms with Crippen LogP contribution in [-0.4, -0.2) is 24.7 Å². The SMILES string of the molecule is Cn1ncnc1CNc1nc(-c2ccsc2)nc2sc3c(c12)CCCC3. The summed E-state index contributed by atoms with van der Waals surface area (Å²) in [4.78, 5) is 16.6. The summed E-state index contributed by atoms with van der Waals surface area (Å²) in [5.41, 5.74) is 2.51. The standard InChI is InChI=1S/C18H18N6S2/c1-24-14(20-10-21-24)8-19-17-15-12-4-2-3-5-13(12)26-18(15)23-16(22-17)11-6-7-25-9-11/h6-7,9-10H,2-5,8H2,1H3,(H,19,22,23). The number of aromatic nitrogens is 5. The van der Waals surface area contributed by atoms with Gasteiger partial charge in [0.05, 0.1) is 11.9 Å². The van der Waals surface area contributed by atoms with Gasteiger partial charge < -0.3 is 5.32 Å². The second kappa shape index (κ2) is 6.44. The zero-order chi connectivity index (χ0) is 17.5. The van der Waals surface area contributed by atoms with Crippen LogP contribution >= 0.6 is 22.7 Å². The smallest absolute Gasteiger partial charge is 0.163 e. The molecule has 0 aromatic carbocycles. The lowest BCUT2D eigenvalue weighted by Gasteiger charge is -2.13. The molecule has 0 saturated heterocycles. The maximum Gasteiger partial charge on any atom is 0.163 e. The fourth-order valence-corrected chi connectivity index (χ4v) is 5.34. The number of nitrogens with zero attached hydrogens (tertiary/aromatic N) is 5. The number of anilines is 1. The fourth-order valence-electron chi connectivity index (χ4n) is 3.45. The Labute approximate surface area is 159 Å². The minimum absolute atomic E-state index is 0.594. The topological polar surface area (TPSA) is 68.5 Å². The van der Waals surface area contributed by atoms with Gasteiger partial charge in [0.15, 0.2) is 5.82 Å². The Kier molecular flexibility index (Phi) is 3.94. The number of fused-ring (bicyclic) bond motifs is 3. The third kappa shape index (κ3) is 2.69. The summed E-state index contributed by atoms with van der Waals surface area (Å²) in [6.07, 6.45) is 6.37. The van der Waals surface area contributed by atoms with Gasteiger partial charge in [0.1, 0.15) is 22.8 Å². The highest BCUT2D eigenvalue weighted by Crippen LogP contribution is 2.39. The lowest BCUT2D eigenvalue weighted by molar-refractivity contribution is 0.700. The van der Waals surface area contributed by atoms with Gasteiger partial charge >= 0.3 is 0 Å². The van der Waals surface area contributed by atoms with Gasteiger partial charge in [0.25, 0.3) is 0 Å². The highest BCUT2D eigenvalue weighted by atomic mass is 32.1. The zero-order valence-corrected chi connectivity index (χ0v) is 16.0. The molecule has 0 bridgehead atoms. The van der Waals surface area contributed by atoms with Crippen LogP contribution in [0.2, 0.25) is 0 Å². The summed E-state index contributed by atoms with van der Waals surface area (Å²) in [6.45, 7) is 0.594. The number of nitrogens with one attached hydrogen (secondary N) is 1. The Bertz CT molecular complexity index is 1060. The molecule has 1 aliphatic rings. The molecular formula is C18H18N6S2. The van der Waals surface area contributed by atoms with E-state index in [0.29, 0.717) is 6.54 Å². The highest BCUT2D eigenvalue weighted by molar-refractivity contribution is 7.19. The summed E-state index contributed by atoms with van der Waals surface area (Å²) in [5, 5.41) is 13.0. The van der Waals surface area contributed by atoms with Gasteiger partial charge in [0, 0.05) is 22.9 Å². The van der Waals surface area contributed by atoms with E-state index in [1.165, 1.54) is 28.7 Å². The summed E-state index contributed by atoms with van der Waals surface area (Å²) in [6, 6.07) is 2.08. The van der Waals surface area contributed by atoms with Crippen LogP contribution in [0.3, 0.4) is 0 Å². The maximum absolute atomic E-state index is 4.89. The Balaban J connectivity index is 1.63. The van der Waals surface area contributed by atoms with E-state index in [-0.39, 0.29) is 0 Å². The molecule has 0 aliphatic heterocycles. The van der Waals surface area contributed by atoms with E-state index < -0.39 is 0 Å². The molecule has 0 saturated carbocycles. The second-order valence-corrected chi connectivity index (χ2v) is 8.32. The van der Waals surface area contributed by atoms with Crippen LogP contribution in [0.5, 0.6) is 0 Å². The average molecular weight is 383 g/mol. The molecule has 26 heavy (non-hydrogen) atoms. The first kappa shape index (κ1) is 15.9. The molecule has 4 aromatic rings. The third-order valence-corrected chi connectivity index (χ3v) is 6.68. The predicted molar refractivity (Wildman–Crippen MR) is 106 cm³/mol. The van der Waals surface area contributed by atoms with E-state index in [2.05, 4.69) is 32.2 Å². The van der Waals surface area contributed by atoms with Crippen molar-refractivity contribution in [1.29, 1.82) is 0 Å². The lowest BCUT2D eigenvalue weighted by atomic mass is 9.97. The Morgan fingerprint density at radius 2 is 2.15 bits per heavy atom. The minimum Gasteiger partial charge on any atom is -0.362 e. The maximum atomic E-state index is 4.89. The molecular weight excluding hydrogens is 364 g/mol. The molecule has 0 radical (unpaired) electrons. The van der Waals surface area contributed by atoms with Crippen LogP contribution in [0.25, 0.3) is 21.6 Å². The first-order valence-electron chi connectivity index (χ1n) is 8.71. The monoisotopic (exact) mass is 382 g/mol. The van der Waals surface area contributed by atoms with Crippen LogP contribution < -0.4 is 5.32 Å². The molecule has 8 heteroatoms. The van der Waals surface area contributed by atoms with Crippen LogP contribution in [0, 0.1) is 0 Å². The second-order valence-electron chi connectivity index (χ2n) is 6.45. The van der Waals surface area contributed by atoms with Gasteiger partial charge in [-0.1, -0.05) is 0 Å². The van der Waals surface area contributed by atoms with Crippen molar-refractivity contribution in [1.82, 2.24) is 24.7 Å². The molecule has 6 nitrogen and oxygen atoms in total. The van der Waals surface area contributed by atoms with Gasteiger partial charge in [-0.15, -0.1) is 11.3 Å². The lowest BCUT2D eigenvalue weighted by Crippen LogP contribution is -2.09. The van der Waals surface area contributed by atoms with Gasteiger partial charge in [0.2, 0.25) is 0 Å². The van der Waals surface area contributed by atoms with E-state index in [1.54, 1.807) is 22.3 Å². The van der Waals surface area contributed by atoms with Crippen molar-refractivity contribution in [3.63, 3.8) is 0 Å². The molecule has 0 spiro atoms. The van der Waals surface area contributed by atoms with E-state index in [0.717, 1.165) is 40.7 Å². The van der Waals surface area contributed by atoms with E-state index in [1.807, 2.05) is 18.4 Å². The van der Waals surface area contributed by atoms with Crippen molar-refractivity contribution in [3.05, 3.63) is 39.4 Å². The Morgan fingerprint density at radius 1 is 1.23 bits per heavy atom. The number of aryl methyl sites for hydroxylation is 3. The van der Waals surface area contributed by atoms with E-state index in [9.17, 15) is 0 Å². The molecule has 4 aromatic heterocycles. The summed E-state index contributed by atoms with van der Waals surface area (Å²) in [7, 11) is 1.91. The molecule has 0 atom stereocenters. The molecule has 1 aliphatic carbocycles. The number of hydrogen-bond donors (Lipinski definition) is 1. The number of rotatable bonds is 4.